The third-order valence-corrected chi connectivity index (χ3v) is 4.13. The molecule has 0 aliphatic carbocycles. The lowest BCUT2D eigenvalue weighted by Crippen LogP contribution is -2.38. The zero-order chi connectivity index (χ0) is 17.3. The molecule has 3 rings (SSSR count). The molecule has 2 aromatic rings. The Kier molecular flexibility index (Phi) is 6.48. The van der Waals surface area contributed by atoms with E-state index in [9.17, 15) is 4.79 Å². The third kappa shape index (κ3) is 5.34. The quantitative estimate of drug-likeness (QED) is 0.745. The first-order valence-corrected chi connectivity index (χ1v) is 8.65. The maximum absolute atomic E-state index is 12.3. The number of carbonyl (C=O) groups is 1. The molecule has 0 unspecified atom stereocenters. The summed E-state index contributed by atoms with van der Waals surface area (Å²) in [6, 6.07) is 11.3. The molecule has 6 nitrogen and oxygen atoms in total. The van der Waals surface area contributed by atoms with Crippen molar-refractivity contribution in [3.8, 4) is 5.75 Å². The third-order valence-electron chi connectivity index (χ3n) is 4.13. The van der Waals surface area contributed by atoms with Crippen molar-refractivity contribution >= 4 is 5.91 Å². The maximum atomic E-state index is 12.3. The Labute approximate surface area is 147 Å². The van der Waals surface area contributed by atoms with Crippen LogP contribution in [-0.4, -0.2) is 50.2 Å². The molecule has 0 bridgehead atoms. The van der Waals surface area contributed by atoms with Crippen LogP contribution in [0.5, 0.6) is 5.75 Å². The average Bonchev–Trinajstić information content (AvgIpc) is 3.14. The van der Waals surface area contributed by atoms with Gasteiger partial charge in [0.15, 0.2) is 5.76 Å². The molecule has 134 valence electrons. The number of para-hydroxylation sites is 1. The van der Waals surface area contributed by atoms with Gasteiger partial charge in [0.2, 0.25) is 0 Å². The van der Waals surface area contributed by atoms with Crippen LogP contribution in [0.2, 0.25) is 0 Å². The van der Waals surface area contributed by atoms with Crippen LogP contribution in [0.1, 0.15) is 22.5 Å². The van der Waals surface area contributed by atoms with Crippen molar-refractivity contribution in [1.29, 1.82) is 0 Å². The van der Waals surface area contributed by atoms with Crippen LogP contribution < -0.4 is 10.1 Å². The van der Waals surface area contributed by atoms with E-state index in [0.29, 0.717) is 18.9 Å². The summed E-state index contributed by atoms with van der Waals surface area (Å²) in [6.45, 7) is 5.41. The van der Waals surface area contributed by atoms with Gasteiger partial charge < -0.3 is 19.2 Å². The van der Waals surface area contributed by atoms with Crippen LogP contribution in [0.25, 0.3) is 0 Å². The van der Waals surface area contributed by atoms with Crippen LogP contribution in [-0.2, 0) is 11.3 Å². The molecule has 6 heteroatoms. The number of nitrogens with one attached hydrogen (secondary N) is 1. The fourth-order valence-corrected chi connectivity index (χ4v) is 2.74. The second-order valence-electron chi connectivity index (χ2n) is 5.94. The molecule has 1 aromatic heterocycles. The van der Waals surface area contributed by atoms with E-state index in [2.05, 4.69) is 10.2 Å². The predicted molar refractivity (Wildman–Crippen MR) is 93.7 cm³/mol. The normalized spacial score (nSPS) is 15.0. The van der Waals surface area contributed by atoms with Crippen molar-refractivity contribution in [1.82, 2.24) is 10.2 Å². The first-order chi connectivity index (χ1) is 12.3. The summed E-state index contributed by atoms with van der Waals surface area (Å²) in [5.74, 6) is 0.890. The highest BCUT2D eigenvalue weighted by atomic mass is 16.5. The van der Waals surface area contributed by atoms with E-state index < -0.39 is 0 Å². The van der Waals surface area contributed by atoms with E-state index in [4.69, 9.17) is 13.9 Å². The van der Waals surface area contributed by atoms with Gasteiger partial charge in [-0.05, 0) is 31.2 Å². The van der Waals surface area contributed by atoms with E-state index in [1.165, 1.54) is 6.26 Å². The zero-order valence-electron chi connectivity index (χ0n) is 14.3. The molecule has 1 saturated heterocycles. The molecule has 25 heavy (non-hydrogen) atoms. The summed E-state index contributed by atoms with van der Waals surface area (Å²) in [7, 11) is 0. The van der Waals surface area contributed by atoms with Crippen molar-refractivity contribution in [2.75, 3.05) is 39.4 Å². The molecule has 1 aromatic carbocycles. The van der Waals surface area contributed by atoms with Crippen molar-refractivity contribution in [3.63, 3.8) is 0 Å². The first-order valence-electron chi connectivity index (χ1n) is 8.65. The van der Waals surface area contributed by atoms with Crippen molar-refractivity contribution in [2.24, 2.45) is 0 Å². The van der Waals surface area contributed by atoms with Gasteiger partial charge in [0.1, 0.15) is 12.4 Å². The minimum Gasteiger partial charge on any atom is -0.489 e. The molecule has 0 atom stereocenters. The number of amides is 1. The molecule has 2 heterocycles. The summed E-state index contributed by atoms with van der Waals surface area (Å²) in [6.07, 6.45) is 2.43. The Morgan fingerprint density at radius 2 is 1.96 bits per heavy atom. The lowest BCUT2D eigenvalue weighted by molar-refractivity contribution is 0.0374. The molecule has 0 saturated carbocycles. The molecular formula is C19H24N2O4. The fraction of sp³-hybridized carbons (Fsp3) is 0.421. The number of carbonyl (C=O) groups excluding carboxylic acids is 1. The van der Waals surface area contributed by atoms with Gasteiger partial charge in [-0.1, -0.05) is 18.2 Å². The lowest BCUT2D eigenvalue weighted by atomic mass is 10.2. The number of morpholine rings is 1. The van der Waals surface area contributed by atoms with Crippen LogP contribution in [0.15, 0.2) is 47.1 Å². The number of ether oxygens (including phenoxy) is 2. The molecule has 1 fully saturated rings. The highest BCUT2D eigenvalue weighted by molar-refractivity contribution is 5.92. The number of rotatable bonds is 8. The fourth-order valence-electron chi connectivity index (χ4n) is 2.74. The van der Waals surface area contributed by atoms with Gasteiger partial charge in [0, 0.05) is 25.2 Å². The Hall–Kier alpha value is -2.31. The van der Waals surface area contributed by atoms with Crippen molar-refractivity contribution < 1.29 is 18.7 Å². The summed E-state index contributed by atoms with van der Waals surface area (Å²) in [5, 5.41) is 2.92. The highest BCUT2D eigenvalue weighted by Crippen LogP contribution is 2.15. The van der Waals surface area contributed by atoms with E-state index in [0.717, 1.165) is 50.6 Å². The van der Waals surface area contributed by atoms with Crippen LogP contribution in [0.4, 0.5) is 0 Å². The molecule has 0 spiro atoms. The van der Waals surface area contributed by atoms with Crippen molar-refractivity contribution in [3.05, 3.63) is 54.0 Å². The summed E-state index contributed by atoms with van der Waals surface area (Å²) in [5.41, 5.74) is 0.745. The van der Waals surface area contributed by atoms with E-state index in [1.54, 1.807) is 6.07 Å². The molecule has 1 amide bonds. The largest absolute Gasteiger partial charge is 0.489 e. The average molecular weight is 344 g/mol. The minimum atomic E-state index is -0.196. The SMILES string of the molecule is O=C(NCCCN1CCOCC1)c1occc1COc1ccccc1. The second kappa shape index (κ2) is 9.25. The monoisotopic (exact) mass is 344 g/mol. The minimum absolute atomic E-state index is 0.196. The predicted octanol–water partition coefficient (Wildman–Crippen LogP) is 2.31. The maximum Gasteiger partial charge on any atom is 0.287 e. The Morgan fingerprint density at radius 3 is 2.76 bits per heavy atom. The van der Waals surface area contributed by atoms with Crippen LogP contribution in [0.3, 0.4) is 0 Å². The van der Waals surface area contributed by atoms with Gasteiger partial charge in [-0.2, -0.15) is 0 Å². The topological polar surface area (TPSA) is 63.9 Å². The van der Waals surface area contributed by atoms with Crippen molar-refractivity contribution in [2.45, 2.75) is 13.0 Å². The van der Waals surface area contributed by atoms with E-state index in [1.807, 2.05) is 30.3 Å². The number of nitrogens with zero attached hydrogens (tertiary/aromatic N) is 1. The van der Waals surface area contributed by atoms with Gasteiger partial charge in [-0.3, -0.25) is 9.69 Å². The standard InChI is InChI=1S/C19H24N2O4/c22-19(20-8-4-9-21-10-13-23-14-11-21)18-16(7-12-24-18)15-25-17-5-2-1-3-6-17/h1-3,5-7,12H,4,8-11,13-15H2,(H,20,22). The number of benzene rings is 1. The molecule has 1 N–H and O–H groups in total. The van der Waals surface area contributed by atoms with Gasteiger partial charge in [-0.15, -0.1) is 0 Å². The zero-order valence-corrected chi connectivity index (χ0v) is 14.3. The van der Waals surface area contributed by atoms with Crippen LogP contribution in [0, 0.1) is 0 Å². The van der Waals surface area contributed by atoms with Gasteiger partial charge in [-0.25, -0.2) is 0 Å². The smallest absolute Gasteiger partial charge is 0.287 e. The van der Waals surface area contributed by atoms with Gasteiger partial charge >= 0.3 is 0 Å². The molecule has 1 aliphatic heterocycles. The highest BCUT2D eigenvalue weighted by Gasteiger charge is 2.16. The first kappa shape index (κ1) is 17.5. The number of furan rings is 1. The summed E-state index contributed by atoms with van der Waals surface area (Å²) >= 11 is 0. The van der Waals surface area contributed by atoms with E-state index in [-0.39, 0.29) is 5.91 Å². The Bertz CT molecular complexity index is 650. The Morgan fingerprint density at radius 1 is 1.16 bits per heavy atom. The van der Waals surface area contributed by atoms with Gasteiger partial charge in [0.05, 0.1) is 19.5 Å². The van der Waals surface area contributed by atoms with Crippen LogP contribution >= 0.6 is 0 Å². The van der Waals surface area contributed by atoms with E-state index >= 15 is 0 Å². The molecular weight excluding hydrogens is 320 g/mol. The lowest BCUT2D eigenvalue weighted by Gasteiger charge is -2.26. The second-order valence-corrected chi connectivity index (χ2v) is 5.94. The molecule has 0 radical (unpaired) electrons. The molecule has 1 aliphatic rings. The summed E-state index contributed by atoms with van der Waals surface area (Å²) in [4.78, 5) is 14.6. The Balaban J connectivity index is 1.42. The summed E-state index contributed by atoms with van der Waals surface area (Å²) < 4.78 is 16.4. The number of hydrogen-bond acceptors (Lipinski definition) is 5. The van der Waals surface area contributed by atoms with Gasteiger partial charge in [0.25, 0.3) is 5.91 Å². The number of hydrogen-bond donors (Lipinski definition) is 1.